The third-order valence-corrected chi connectivity index (χ3v) is 7.82. The maximum absolute atomic E-state index is 13.2. The van der Waals surface area contributed by atoms with Crippen molar-refractivity contribution in [1.29, 1.82) is 0 Å². The molecule has 5 rings (SSSR count). The number of fused-ring (bicyclic) bond motifs is 10. The highest BCUT2D eigenvalue weighted by Gasteiger charge is 2.45. The van der Waals surface area contributed by atoms with Crippen LogP contribution >= 0.6 is 0 Å². The average Bonchev–Trinajstić information content (AvgIpc) is 3.40. The highest BCUT2D eigenvalue weighted by atomic mass is 16.6. The maximum atomic E-state index is 13.2. The quantitative estimate of drug-likeness (QED) is 0.238. The molecule has 16 heteroatoms. The Morgan fingerprint density at radius 2 is 1.00 bits per heavy atom. The molecule has 3 aliphatic heterocycles. The van der Waals surface area contributed by atoms with Crippen molar-refractivity contribution in [2.24, 2.45) is 0 Å². The first-order valence-electron chi connectivity index (χ1n) is 14.0. The Balaban J connectivity index is 1.39. The summed E-state index contributed by atoms with van der Waals surface area (Å²) in [4.78, 5) is 51.3. The summed E-state index contributed by atoms with van der Waals surface area (Å²) < 4.78 is 26.7. The van der Waals surface area contributed by atoms with E-state index < -0.39 is 71.6 Å². The first-order valence-corrected chi connectivity index (χ1v) is 14.0. The molecule has 0 unspecified atom stereocenters. The third kappa shape index (κ3) is 6.07. The Labute approximate surface area is 238 Å². The summed E-state index contributed by atoms with van der Waals surface area (Å²) in [5, 5.41) is 42.1. The van der Waals surface area contributed by atoms with Crippen molar-refractivity contribution in [2.75, 3.05) is 26.4 Å². The van der Waals surface area contributed by atoms with Crippen molar-refractivity contribution in [3.63, 3.8) is 0 Å². The summed E-state index contributed by atoms with van der Waals surface area (Å²) in [6.07, 6.45) is -5.83. The largest absolute Gasteiger partial charge is 0.387 e. The molecule has 2 fully saturated rings. The standard InChI is InChI=1S/C26H36N4O12/c31-17-5-9-29-23-21(35)19(33)15(41-23)13-39-11-3-4-12-40-14-16-20(34)22(36)24(42-16)30-10-6-18(32)28(26(30)38)8-2-1-7-27(17)25(29)37/h5-6,9-10,15-16,19-24,33-36H,1-4,7-8,11-14H2/t15-,16-,19-,20-,21-,22-,23-,24-/m1/s1. The van der Waals surface area contributed by atoms with Crippen molar-refractivity contribution in [1.82, 2.24) is 18.3 Å². The summed E-state index contributed by atoms with van der Waals surface area (Å²) in [6, 6.07) is 2.30. The van der Waals surface area contributed by atoms with Crippen molar-refractivity contribution in [3.8, 4) is 0 Å². The van der Waals surface area contributed by atoms with Crippen LogP contribution in [0, 0.1) is 0 Å². The molecule has 232 valence electrons. The lowest BCUT2D eigenvalue weighted by atomic mass is 10.1. The fraction of sp³-hybridized carbons (Fsp3) is 0.692. The minimum absolute atomic E-state index is 0.0375. The minimum atomic E-state index is -1.44. The first kappa shape index (κ1) is 30.5. The van der Waals surface area contributed by atoms with Gasteiger partial charge in [0.25, 0.3) is 11.1 Å². The molecule has 42 heavy (non-hydrogen) atoms. The van der Waals surface area contributed by atoms with E-state index in [0.717, 1.165) is 30.4 Å². The SMILES string of the molecule is O=c1ccn2c(=O)n1CCCCn1c(=O)ccn(c1=O)[C@@H]1O[C@H](COCCCCOC[C@H]3O[C@@H]2[C@H](O)[C@@H]3O)[C@@H](O)[C@H]1O. The van der Waals surface area contributed by atoms with Gasteiger partial charge < -0.3 is 39.4 Å². The number of nitrogens with zero attached hydrogens (tertiary/aromatic N) is 4. The molecule has 8 atom stereocenters. The van der Waals surface area contributed by atoms with Crippen molar-refractivity contribution in [3.05, 3.63) is 66.2 Å². The molecule has 16 nitrogen and oxygen atoms in total. The second-order valence-corrected chi connectivity index (χ2v) is 10.6. The Hall–Kier alpha value is -2.96. The lowest BCUT2D eigenvalue weighted by Gasteiger charge is -2.19. The summed E-state index contributed by atoms with van der Waals surface area (Å²) in [6.45, 7) is 0.413. The molecule has 8 bridgehead atoms. The smallest absolute Gasteiger partial charge is 0.333 e. The Morgan fingerprint density at radius 3 is 1.40 bits per heavy atom. The van der Waals surface area contributed by atoms with Gasteiger partial charge in [-0.15, -0.1) is 0 Å². The van der Waals surface area contributed by atoms with Gasteiger partial charge in [-0.25, -0.2) is 9.59 Å². The van der Waals surface area contributed by atoms with Gasteiger partial charge in [-0.1, -0.05) is 0 Å². The van der Waals surface area contributed by atoms with Gasteiger partial charge in [0.15, 0.2) is 12.5 Å². The summed E-state index contributed by atoms with van der Waals surface area (Å²) in [7, 11) is 0. The number of aliphatic hydroxyl groups excluding tert-OH is 4. The number of ether oxygens (including phenoxy) is 4. The predicted molar refractivity (Wildman–Crippen MR) is 142 cm³/mol. The second kappa shape index (κ2) is 13.1. The molecule has 2 aromatic heterocycles. The fourth-order valence-corrected chi connectivity index (χ4v) is 5.40. The number of hydrogen-bond acceptors (Lipinski definition) is 12. The Bertz CT molecular complexity index is 1360. The zero-order valence-electron chi connectivity index (χ0n) is 22.8. The van der Waals surface area contributed by atoms with Gasteiger partial charge in [0.05, 0.1) is 13.2 Å². The Kier molecular flexibility index (Phi) is 9.54. The van der Waals surface area contributed by atoms with Gasteiger partial charge in [0.1, 0.15) is 36.6 Å². The van der Waals surface area contributed by atoms with Crippen LogP contribution in [0.2, 0.25) is 0 Å². The zero-order valence-corrected chi connectivity index (χ0v) is 22.8. The van der Waals surface area contributed by atoms with E-state index >= 15 is 0 Å². The van der Waals surface area contributed by atoms with Gasteiger partial charge in [-0.05, 0) is 25.7 Å². The van der Waals surface area contributed by atoms with Crippen LogP contribution in [0.5, 0.6) is 0 Å². The highest BCUT2D eigenvalue weighted by molar-refractivity contribution is 4.96. The minimum Gasteiger partial charge on any atom is -0.387 e. The van der Waals surface area contributed by atoms with Crippen LogP contribution in [0.25, 0.3) is 0 Å². The third-order valence-electron chi connectivity index (χ3n) is 7.82. The van der Waals surface area contributed by atoms with E-state index in [2.05, 4.69) is 0 Å². The van der Waals surface area contributed by atoms with Gasteiger partial charge in [-0.3, -0.25) is 27.9 Å². The van der Waals surface area contributed by atoms with Crippen molar-refractivity contribution in [2.45, 2.75) is 87.9 Å². The van der Waals surface area contributed by atoms with Crippen LogP contribution in [0.4, 0.5) is 0 Å². The molecule has 3 aliphatic rings. The molecule has 2 aromatic rings. The van der Waals surface area contributed by atoms with E-state index in [0.29, 0.717) is 26.1 Å². The molecule has 4 N–H and O–H groups in total. The van der Waals surface area contributed by atoms with E-state index in [9.17, 15) is 39.6 Å². The number of aromatic nitrogens is 4. The Morgan fingerprint density at radius 1 is 0.595 bits per heavy atom. The van der Waals surface area contributed by atoms with Gasteiger partial charge in [0, 0.05) is 50.8 Å². The molecule has 2 saturated heterocycles. The van der Waals surface area contributed by atoms with Crippen LogP contribution in [0.15, 0.2) is 43.7 Å². The second-order valence-electron chi connectivity index (χ2n) is 10.6. The van der Waals surface area contributed by atoms with Crippen LogP contribution in [0.3, 0.4) is 0 Å². The van der Waals surface area contributed by atoms with Crippen LogP contribution in [0.1, 0.15) is 38.1 Å². The molecule has 0 spiro atoms. The topological polar surface area (TPSA) is 206 Å². The molecule has 0 aromatic carbocycles. The molecule has 5 heterocycles. The molecule has 0 aliphatic carbocycles. The van der Waals surface area contributed by atoms with Crippen molar-refractivity contribution >= 4 is 0 Å². The number of aliphatic hydroxyl groups is 4. The van der Waals surface area contributed by atoms with E-state index in [-0.39, 0.29) is 39.1 Å². The van der Waals surface area contributed by atoms with Gasteiger partial charge >= 0.3 is 11.4 Å². The van der Waals surface area contributed by atoms with E-state index in [1.54, 1.807) is 0 Å². The van der Waals surface area contributed by atoms with Gasteiger partial charge in [0.2, 0.25) is 0 Å². The van der Waals surface area contributed by atoms with Crippen molar-refractivity contribution < 1.29 is 39.4 Å². The molecular formula is C26H36N4O12. The summed E-state index contributed by atoms with van der Waals surface area (Å²) in [5.74, 6) is 0. The van der Waals surface area contributed by atoms with Crippen LogP contribution in [-0.2, 0) is 32.0 Å². The molecule has 0 saturated carbocycles. The lowest BCUT2D eigenvalue weighted by molar-refractivity contribution is -0.0729. The van der Waals surface area contributed by atoms with Crippen LogP contribution < -0.4 is 22.5 Å². The number of hydrogen-bond donors (Lipinski definition) is 4. The molecular weight excluding hydrogens is 560 g/mol. The summed E-state index contributed by atoms with van der Waals surface area (Å²) >= 11 is 0. The normalized spacial score (nSPS) is 33.2. The summed E-state index contributed by atoms with van der Waals surface area (Å²) in [5.41, 5.74) is -2.69. The van der Waals surface area contributed by atoms with E-state index in [1.165, 1.54) is 12.4 Å². The average molecular weight is 597 g/mol. The highest BCUT2D eigenvalue weighted by Crippen LogP contribution is 2.29. The monoisotopic (exact) mass is 596 g/mol. The van der Waals surface area contributed by atoms with Gasteiger partial charge in [-0.2, -0.15) is 0 Å². The first-order chi connectivity index (χ1) is 20.2. The maximum Gasteiger partial charge on any atom is 0.333 e. The predicted octanol–water partition coefficient (Wildman–Crippen LogP) is -3.12. The lowest BCUT2D eigenvalue weighted by Crippen LogP contribution is -2.43. The molecule has 0 radical (unpaired) electrons. The fourth-order valence-electron chi connectivity index (χ4n) is 5.40. The van der Waals surface area contributed by atoms with E-state index in [1.807, 2.05) is 0 Å². The number of rotatable bonds is 0. The zero-order chi connectivity index (χ0) is 30.0. The van der Waals surface area contributed by atoms with Crippen LogP contribution in [-0.4, -0.2) is 102 Å². The van der Waals surface area contributed by atoms with E-state index in [4.69, 9.17) is 18.9 Å². The molecule has 0 amide bonds.